The topological polar surface area (TPSA) is 114 Å². The van der Waals surface area contributed by atoms with E-state index in [-0.39, 0.29) is 23.8 Å². The maximum absolute atomic E-state index is 13.4. The summed E-state index contributed by atoms with van der Waals surface area (Å²) in [5.41, 5.74) is 4.71. The summed E-state index contributed by atoms with van der Waals surface area (Å²) < 4.78 is 5.62. The van der Waals surface area contributed by atoms with E-state index in [9.17, 15) is 14.4 Å². The molecule has 12 heteroatoms. The monoisotopic (exact) mass is 591 g/mol. The van der Waals surface area contributed by atoms with Crippen molar-refractivity contribution in [3.8, 4) is 11.3 Å². The molecular weight excluding hydrogens is 567 g/mol. The second-order valence-electron chi connectivity index (χ2n) is 9.40. The van der Waals surface area contributed by atoms with Crippen molar-refractivity contribution in [3.63, 3.8) is 0 Å². The van der Waals surface area contributed by atoms with Gasteiger partial charge in [0.2, 0.25) is 5.91 Å². The zero-order chi connectivity index (χ0) is 27.5. The van der Waals surface area contributed by atoms with Gasteiger partial charge in [-0.15, -0.1) is 34.4 Å². The quantitative estimate of drug-likeness (QED) is 0.276. The first kappa shape index (κ1) is 26.5. The highest BCUT2D eigenvalue weighted by Gasteiger charge is 2.44. The minimum atomic E-state index is -0.739. The van der Waals surface area contributed by atoms with Crippen LogP contribution < -0.4 is 10.6 Å². The molecule has 204 valence electrons. The Hall–Kier alpha value is -3.74. The number of hydrogen-bond donors (Lipinski definition) is 2. The van der Waals surface area contributed by atoms with Gasteiger partial charge in [0.15, 0.2) is 5.13 Å². The Bertz CT molecular complexity index is 1490. The van der Waals surface area contributed by atoms with E-state index < -0.39 is 12.1 Å². The Morgan fingerprint density at radius 2 is 1.82 bits per heavy atom. The molecule has 0 bridgehead atoms. The molecule has 1 aliphatic carbocycles. The number of benzene rings is 2. The first-order chi connectivity index (χ1) is 19.5. The summed E-state index contributed by atoms with van der Waals surface area (Å²) in [5.74, 6) is 0.0136. The molecule has 0 radical (unpaired) electrons. The van der Waals surface area contributed by atoms with Crippen molar-refractivity contribution in [2.24, 2.45) is 0 Å². The summed E-state index contributed by atoms with van der Waals surface area (Å²) in [6.45, 7) is 0.113. The largest absolute Gasteiger partial charge is 0.444 e. The van der Waals surface area contributed by atoms with Crippen LogP contribution in [0.25, 0.3) is 11.3 Å². The zero-order valence-corrected chi connectivity index (χ0v) is 23.6. The van der Waals surface area contributed by atoms with Crippen LogP contribution in [0.2, 0.25) is 0 Å². The molecule has 2 unspecified atom stereocenters. The van der Waals surface area contributed by atoms with Crippen molar-refractivity contribution in [3.05, 3.63) is 87.7 Å². The molecule has 2 atom stereocenters. The minimum Gasteiger partial charge on any atom is -0.444 e. The SMILES string of the molecule is O=C(NC1CC1)c1ccc(-c2csc(NC(=O)C3CSC(c4cncs4)N3C(=O)OCc3ccccc3)n2)cc1. The summed E-state index contributed by atoms with van der Waals surface area (Å²) in [7, 11) is 0. The minimum absolute atomic E-state index is 0.0711. The van der Waals surface area contributed by atoms with E-state index in [1.54, 1.807) is 23.8 Å². The maximum atomic E-state index is 13.4. The van der Waals surface area contributed by atoms with Gasteiger partial charge in [0, 0.05) is 34.5 Å². The van der Waals surface area contributed by atoms with Gasteiger partial charge in [-0.3, -0.25) is 19.5 Å². The second-order valence-corrected chi connectivity index (χ2v) is 12.3. The molecule has 4 aromatic rings. The van der Waals surface area contributed by atoms with Gasteiger partial charge in [0.25, 0.3) is 5.91 Å². The molecule has 9 nitrogen and oxygen atoms in total. The average Bonchev–Trinajstić information content (AvgIpc) is 3.36. The fourth-order valence-electron chi connectivity index (χ4n) is 4.23. The number of hydrogen-bond acceptors (Lipinski definition) is 9. The predicted octanol–water partition coefficient (Wildman–Crippen LogP) is 5.55. The molecule has 2 aromatic heterocycles. The molecular formula is C28H25N5O4S3. The highest BCUT2D eigenvalue weighted by Crippen LogP contribution is 2.43. The van der Waals surface area contributed by atoms with Crippen molar-refractivity contribution in [2.45, 2.75) is 36.9 Å². The number of rotatable bonds is 8. The van der Waals surface area contributed by atoms with Gasteiger partial charge in [0.1, 0.15) is 18.0 Å². The van der Waals surface area contributed by atoms with Gasteiger partial charge >= 0.3 is 6.09 Å². The normalized spacial score (nSPS) is 18.4. The third-order valence-electron chi connectivity index (χ3n) is 6.50. The van der Waals surface area contributed by atoms with Crippen LogP contribution in [0.3, 0.4) is 0 Å². The summed E-state index contributed by atoms with van der Waals surface area (Å²) in [5, 5.41) is 7.78. The van der Waals surface area contributed by atoms with Crippen molar-refractivity contribution in [1.82, 2.24) is 20.2 Å². The van der Waals surface area contributed by atoms with Gasteiger partial charge in [-0.05, 0) is 30.5 Å². The van der Waals surface area contributed by atoms with E-state index in [1.165, 1.54) is 39.3 Å². The predicted molar refractivity (Wildman–Crippen MR) is 156 cm³/mol. The van der Waals surface area contributed by atoms with Gasteiger partial charge < -0.3 is 15.4 Å². The highest BCUT2D eigenvalue weighted by molar-refractivity contribution is 7.99. The van der Waals surface area contributed by atoms with E-state index in [0.29, 0.717) is 28.2 Å². The smallest absolute Gasteiger partial charge is 0.412 e. The molecule has 1 saturated carbocycles. The number of aromatic nitrogens is 2. The molecule has 2 fully saturated rings. The molecule has 0 spiro atoms. The van der Waals surface area contributed by atoms with Crippen LogP contribution in [0.4, 0.5) is 9.93 Å². The van der Waals surface area contributed by atoms with E-state index in [1.807, 2.05) is 47.8 Å². The Kier molecular flexibility index (Phi) is 7.80. The maximum Gasteiger partial charge on any atom is 0.412 e. The molecule has 3 heterocycles. The van der Waals surface area contributed by atoms with Crippen LogP contribution in [-0.2, 0) is 16.1 Å². The van der Waals surface area contributed by atoms with Crippen LogP contribution in [0.1, 0.15) is 39.0 Å². The second kappa shape index (κ2) is 11.8. The summed E-state index contributed by atoms with van der Waals surface area (Å²) >= 11 is 4.24. The van der Waals surface area contributed by atoms with Gasteiger partial charge in [-0.1, -0.05) is 42.5 Å². The Morgan fingerprint density at radius 3 is 2.55 bits per heavy atom. The molecule has 3 amide bonds. The van der Waals surface area contributed by atoms with Crippen molar-refractivity contribution >= 4 is 57.5 Å². The van der Waals surface area contributed by atoms with E-state index >= 15 is 0 Å². The Balaban J connectivity index is 1.13. The number of amides is 3. The van der Waals surface area contributed by atoms with Crippen LogP contribution in [0.15, 0.2) is 71.7 Å². The van der Waals surface area contributed by atoms with Crippen molar-refractivity contribution in [2.75, 3.05) is 11.1 Å². The first-order valence-electron chi connectivity index (χ1n) is 12.7. The molecule has 6 rings (SSSR count). The lowest BCUT2D eigenvalue weighted by molar-refractivity contribution is -0.120. The zero-order valence-electron chi connectivity index (χ0n) is 21.2. The van der Waals surface area contributed by atoms with Crippen LogP contribution >= 0.6 is 34.4 Å². The Labute approximate surface area is 243 Å². The van der Waals surface area contributed by atoms with Crippen LogP contribution in [-0.4, -0.2) is 50.6 Å². The molecule has 2 N–H and O–H groups in total. The molecule has 2 aromatic carbocycles. The lowest BCUT2D eigenvalue weighted by atomic mass is 10.1. The van der Waals surface area contributed by atoms with E-state index in [4.69, 9.17) is 4.74 Å². The third-order valence-corrected chi connectivity index (χ3v) is 9.54. The molecule has 1 saturated heterocycles. The first-order valence-corrected chi connectivity index (χ1v) is 15.5. The number of anilines is 1. The van der Waals surface area contributed by atoms with Crippen LogP contribution in [0.5, 0.6) is 0 Å². The number of carbonyl (C=O) groups is 3. The number of thioether (sulfide) groups is 1. The van der Waals surface area contributed by atoms with Crippen molar-refractivity contribution < 1.29 is 19.1 Å². The number of nitrogens with zero attached hydrogens (tertiary/aromatic N) is 3. The number of nitrogens with one attached hydrogen (secondary N) is 2. The van der Waals surface area contributed by atoms with E-state index in [0.717, 1.165) is 28.8 Å². The van der Waals surface area contributed by atoms with Gasteiger partial charge in [0.05, 0.1) is 16.1 Å². The lowest BCUT2D eigenvalue weighted by Crippen LogP contribution is -2.45. The average molecular weight is 592 g/mol. The summed E-state index contributed by atoms with van der Waals surface area (Å²) in [4.78, 5) is 50.1. The van der Waals surface area contributed by atoms with Gasteiger partial charge in [-0.25, -0.2) is 9.78 Å². The molecule has 1 aliphatic heterocycles. The molecule has 2 aliphatic rings. The fraction of sp³-hybridized carbons (Fsp3) is 0.250. The van der Waals surface area contributed by atoms with Crippen LogP contribution in [0, 0.1) is 0 Å². The fourth-order valence-corrected chi connectivity index (χ4v) is 7.22. The van der Waals surface area contributed by atoms with Crippen molar-refractivity contribution in [1.29, 1.82) is 0 Å². The van der Waals surface area contributed by atoms with Gasteiger partial charge in [-0.2, -0.15) is 0 Å². The number of carbonyl (C=O) groups excluding carboxylic acids is 3. The lowest BCUT2D eigenvalue weighted by Gasteiger charge is -2.27. The standard InChI is InChI=1S/C28H25N5O4S3/c34-24(30-20-10-11-20)19-8-6-18(7-9-19)21-14-39-27(31-21)32-25(35)22-15-38-26(23-12-29-16-40-23)33(22)28(36)37-13-17-4-2-1-3-5-17/h1-9,12,14,16,20,22,26H,10-11,13,15H2,(H,30,34)(H,31,32,35). The Morgan fingerprint density at radius 1 is 1.02 bits per heavy atom. The van der Waals surface area contributed by atoms with E-state index in [2.05, 4.69) is 20.6 Å². The molecule has 40 heavy (non-hydrogen) atoms. The number of thiazole rings is 2. The highest BCUT2D eigenvalue weighted by atomic mass is 32.2. The summed E-state index contributed by atoms with van der Waals surface area (Å²) in [6, 6.07) is 16.2. The summed E-state index contributed by atoms with van der Waals surface area (Å²) in [6.07, 6.45) is 3.23. The third kappa shape index (κ3) is 6.03. The number of ether oxygens (including phenoxy) is 1.